The molecule has 0 radical (unpaired) electrons. The summed E-state index contributed by atoms with van der Waals surface area (Å²) in [6.45, 7) is 1.82. The van der Waals surface area contributed by atoms with Gasteiger partial charge in [-0.15, -0.1) is 0 Å². The molecule has 0 saturated heterocycles. The number of halogens is 3. The van der Waals surface area contributed by atoms with Crippen LogP contribution in [0.2, 0.25) is 0 Å². The first-order chi connectivity index (χ1) is 9.69. The van der Waals surface area contributed by atoms with Crippen LogP contribution in [0.15, 0.2) is 21.5 Å². The number of nitrogens with one attached hydrogen (secondary N) is 1. The summed E-state index contributed by atoms with van der Waals surface area (Å²) in [5.41, 5.74) is 0. The second kappa shape index (κ2) is 7.28. The maximum absolute atomic E-state index is 13.7. The molecule has 0 amide bonds. The summed E-state index contributed by atoms with van der Waals surface area (Å²) >= 11 is 2.77. The molecule has 1 rings (SSSR count). The van der Waals surface area contributed by atoms with E-state index in [0.29, 0.717) is 18.9 Å². The van der Waals surface area contributed by atoms with Crippen molar-refractivity contribution < 1.29 is 27.1 Å². The molecule has 1 atom stereocenters. The van der Waals surface area contributed by atoms with Crippen LogP contribution in [0.25, 0.3) is 0 Å². The Morgan fingerprint density at radius 2 is 2.05 bits per heavy atom. The normalized spacial score (nSPS) is 13.1. The molecule has 0 aliphatic rings. The number of hydrogen-bond acceptors (Lipinski definition) is 3. The van der Waals surface area contributed by atoms with E-state index in [0.717, 1.165) is 6.07 Å². The molecule has 0 saturated carbocycles. The topological polar surface area (TPSA) is 83.5 Å². The van der Waals surface area contributed by atoms with E-state index in [-0.39, 0.29) is 10.9 Å². The standard InChI is InChI=1S/C12H14BrF2NO4S/c1-2-3-4-10(12(17)18)16-21(19,20)11-8(13)5-7(14)6-9(11)15/h5-6,10,16H,2-4H2,1H3,(H,17,18)/t10-/m0/s1. The Hall–Kier alpha value is -1.06. The van der Waals surface area contributed by atoms with Crippen molar-refractivity contribution in [2.24, 2.45) is 0 Å². The molecule has 118 valence electrons. The van der Waals surface area contributed by atoms with Crippen LogP contribution in [-0.4, -0.2) is 25.5 Å². The Kier molecular flexibility index (Phi) is 6.24. The predicted molar refractivity (Wildman–Crippen MR) is 75.3 cm³/mol. The second-order valence-electron chi connectivity index (χ2n) is 4.35. The summed E-state index contributed by atoms with van der Waals surface area (Å²) in [6.07, 6.45) is 1.25. The third kappa shape index (κ3) is 4.72. The highest BCUT2D eigenvalue weighted by atomic mass is 79.9. The third-order valence-corrected chi connectivity index (χ3v) is 5.11. The second-order valence-corrected chi connectivity index (χ2v) is 6.86. The Morgan fingerprint density at radius 1 is 1.43 bits per heavy atom. The molecule has 0 aliphatic carbocycles. The zero-order valence-electron chi connectivity index (χ0n) is 11.1. The first-order valence-electron chi connectivity index (χ1n) is 6.08. The fourth-order valence-corrected chi connectivity index (χ4v) is 4.06. The van der Waals surface area contributed by atoms with Gasteiger partial charge in [-0.3, -0.25) is 4.79 Å². The molecule has 0 aromatic heterocycles. The molecule has 5 nitrogen and oxygen atoms in total. The van der Waals surface area contributed by atoms with Crippen LogP contribution < -0.4 is 4.72 Å². The van der Waals surface area contributed by atoms with Gasteiger partial charge in [0.15, 0.2) is 0 Å². The van der Waals surface area contributed by atoms with E-state index in [1.54, 1.807) is 0 Å². The van der Waals surface area contributed by atoms with Gasteiger partial charge in [0.25, 0.3) is 0 Å². The minimum Gasteiger partial charge on any atom is -0.480 e. The molecule has 0 aliphatic heterocycles. The third-order valence-electron chi connectivity index (χ3n) is 2.67. The van der Waals surface area contributed by atoms with Crippen molar-refractivity contribution in [1.29, 1.82) is 0 Å². The molecule has 1 aromatic rings. The lowest BCUT2D eigenvalue weighted by Gasteiger charge is -2.15. The van der Waals surface area contributed by atoms with Crippen LogP contribution in [0.5, 0.6) is 0 Å². The number of aliphatic carboxylic acids is 1. The van der Waals surface area contributed by atoms with Crippen molar-refractivity contribution in [1.82, 2.24) is 4.72 Å². The van der Waals surface area contributed by atoms with Gasteiger partial charge in [0, 0.05) is 10.5 Å². The van der Waals surface area contributed by atoms with Crippen LogP contribution in [0, 0.1) is 11.6 Å². The number of carboxylic acid groups (broad SMARTS) is 1. The van der Waals surface area contributed by atoms with Crippen molar-refractivity contribution in [2.75, 3.05) is 0 Å². The number of unbranched alkanes of at least 4 members (excludes halogenated alkanes) is 1. The van der Waals surface area contributed by atoms with Gasteiger partial charge in [0.05, 0.1) is 0 Å². The van der Waals surface area contributed by atoms with Crippen LogP contribution >= 0.6 is 15.9 Å². The van der Waals surface area contributed by atoms with Crippen LogP contribution in [0.4, 0.5) is 8.78 Å². The van der Waals surface area contributed by atoms with Crippen LogP contribution in [-0.2, 0) is 14.8 Å². The molecule has 0 heterocycles. The first kappa shape index (κ1) is 18.0. The summed E-state index contributed by atoms with van der Waals surface area (Å²) in [6, 6.07) is -0.160. The molecule has 0 fully saturated rings. The van der Waals surface area contributed by atoms with Gasteiger partial charge in [-0.2, -0.15) is 4.72 Å². The van der Waals surface area contributed by atoms with Crippen LogP contribution in [0.3, 0.4) is 0 Å². The number of benzene rings is 1. The molecule has 1 aromatic carbocycles. The highest BCUT2D eigenvalue weighted by molar-refractivity contribution is 9.10. The highest BCUT2D eigenvalue weighted by Crippen LogP contribution is 2.26. The quantitative estimate of drug-likeness (QED) is 0.755. The van der Waals surface area contributed by atoms with Gasteiger partial charge < -0.3 is 5.11 Å². The highest BCUT2D eigenvalue weighted by Gasteiger charge is 2.29. The van der Waals surface area contributed by atoms with E-state index < -0.39 is 38.6 Å². The maximum atomic E-state index is 13.7. The van der Waals surface area contributed by atoms with E-state index >= 15 is 0 Å². The van der Waals surface area contributed by atoms with Crippen molar-refractivity contribution >= 4 is 31.9 Å². The molecule has 0 bridgehead atoms. The zero-order chi connectivity index (χ0) is 16.2. The first-order valence-corrected chi connectivity index (χ1v) is 8.36. The van der Waals surface area contributed by atoms with Gasteiger partial charge in [-0.1, -0.05) is 19.8 Å². The number of sulfonamides is 1. The summed E-state index contributed by atoms with van der Waals surface area (Å²) in [5, 5.41) is 9.00. The molecule has 0 spiro atoms. The lowest BCUT2D eigenvalue weighted by Crippen LogP contribution is -2.41. The average Bonchev–Trinajstić information content (AvgIpc) is 2.32. The lowest BCUT2D eigenvalue weighted by molar-refractivity contribution is -0.139. The van der Waals surface area contributed by atoms with Crippen molar-refractivity contribution in [3.8, 4) is 0 Å². The van der Waals surface area contributed by atoms with E-state index in [9.17, 15) is 22.0 Å². The van der Waals surface area contributed by atoms with Gasteiger partial charge in [-0.05, 0) is 28.4 Å². The van der Waals surface area contributed by atoms with Crippen molar-refractivity contribution in [3.05, 3.63) is 28.2 Å². The monoisotopic (exact) mass is 385 g/mol. The van der Waals surface area contributed by atoms with Gasteiger partial charge in [0.2, 0.25) is 10.0 Å². The minimum absolute atomic E-state index is 0.0749. The summed E-state index contributed by atoms with van der Waals surface area (Å²) < 4.78 is 52.5. The van der Waals surface area contributed by atoms with E-state index in [1.807, 2.05) is 11.6 Å². The summed E-state index contributed by atoms with van der Waals surface area (Å²) in [4.78, 5) is 10.2. The van der Waals surface area contributed by atoms with E-state index in [4.69, 9.17) is 5.11 Å². The van der Waals surface area contributed by atoms with Gasteiger partial charge >= 0.3 is 5.97 Å². The van der Waals surface area contributed by atoms with Crippen molar-refractivity contribution in [2.45, 2.75) is 37.1 Å². The minimum atomic E-state index is -4.43. The molecule has 9 heteroatoms. The summed E-state index contributed by atoms with van der Waals surface area (Å²) in [7, 11) is -4.43. The van der Waals surface area contributed by atoms with Gasteiger partial charge in [0.1, 0.15) is 22.6 Å². The molecular weight excluding hydrogens is 372 g/mol. The Labute approximate surface area is 129 Å². The SMILES string of the molecule is CCCC[C@H](NS(=O)(=O)c1c(F)cc(F)cc1Br)C(=O)O. The van der Waals surface area contributed by atoms with E-state index in [1.165, 1.54) is 0 Å². The summed E-state index contributed by atoms with van der Waals surface area (Å²) in [5.74, 6) is -3.60. The van der Waals surface area contributed by atoms with E-state index in [2.05, 4.69) is 15.9 Å². The largest absolute Gasteiger partial charge is 0.480 e. The zero-order valence-corrected chi connectivity index (χ0v) is 13.5. The lowest BCUT2D eigenvalue weighted by atomic mass is 10.1. The van der Waals surface area contributed by atoms with Crippen molar-refractivity contribution in [3.63, 3.8) is 0 Å². The van der Waals surface area contributed by atoms with Gasteiger partial charge in [-0.25, -0.2) is 17.2 Å². The average molecular weight is 386 g/mol. The number of rotatable bonds is 7. The Morgan fingerprint density at radius 3 is 2.52 bits per heavy atom. The predicted octanol–water partition coefficient (Wildman–Crippen LogP) is 2.65. The Bertz CT molecular complexity index is 613. The Balaban J connectivity index is 3.14. The maximum Gasteiger partial charge on any atom is 0.321 e. The fourth-order valence-electron chi connectivity index (χ4n) is 1.67. The van der Waals surface area contributed by atoms with Crippen LogP contribution in [0.1, 0.15) is 26.2 Å². The number of hydrogen-bond donors (Lipinski definition) is 2. The smallest absolute Gasteiger partial charge is 0.321 e. The molecule has 0 unspecified atom stereocenters. The number of carbonyl (C=O) groups is 1. The molecular formula is C12H14BrF2NO4S. The fraction of sp³-hybridized carbons (Fsp3) is 0.417. The molecule has 2 N–H and O–H groups in total. The number of carboxylic acids is 1. The molecule has 21 heavy (non-hydrogen) atoms.